The summed E-state index contributed by atoms with van der Waals surface area (Å²) in [4.78, 5) is 35.6. The summed E-state index contributed by atoms with van der Waals surface area (Å²) in [6.45, 7) is 1.26. The number of nitrogens with zero attached hydrogens (tertiary/aromatic N) is 2. The van der Waals surface area contributed by atoms with E-state index in [4.69, 9.17) is 0 Å². The van der Waals surface area contributed by atoms with Crippen molar-refractivity contribution >= 4 is 34.6 Å². The number of imidazole rings is 1. The predicted octanol–water partition coefficient (Wildman–Crippen LogP) is 4.89. The van der Waals surface area contributed by atoms with Crippen molar-refractivity contribution in [1.29, 1.82) is 0 Å². The van der Waals surface area contributed by atoms with Crippen LogP contribution in [0.5, 0.6) is 0 Å². The van der Waals surface area contributed by atoms with Gasteiger partial charge in [0.05, 0.1) is 11.0 Å². The van der Waals surface area contributed by atoms with Gasteiger partial charge in [-0.15, -0.1) is 0 Å². The molecule has 172 valence electrons. The maximum atomic E-state index is 13.3. The lowest BCUT2D eigenvalue weighted by atomic mass is 10.0. The molecule has 0 spiro atoms. The van der Waals surface area contributed by atoms with Gasteiger partial charge in [0, 0.05) is 36.0 Å². The van der Waals surface area contributed by atoms with Crippen molar-refractivity contribution in [3.63, 3.8) is 0 Å². The van der Waals surface area contributed by atoms with Gasteiger partial charge in [-0.2, -0.15) is 0 Å². The first kappa shape index (κ1) is 22.2. The lowest BCUT2D eigenvalue weighted by molar-refractivity contribution is 0.0697. The van der Waals surface area contributed by atoms with Crippen LogP contribution in [-0.2, 0) is 5.75 Å². The Hall–Kier alpha value is -3.58. The molecule has 1 fully saturated rings. The van der Waals surface area contributed by atoms with Crippen LogP contribution < -0.4 is 5.32 Å². The monoisotopic (exact) mass is 470 g/mol. The maximum absolute atomic E-state index is 13.3. The molecule has 1 aromatic heterocycles. The number of hydrogen-bond donors (Lipinski definition) is 2. The molecule has 2 N–H and O–H groups in total. The summed E-state index contributed by atoms with van der Waals surface area (Å²) in [6, 6.07) is 25.1. The molecule has 0 bridgehead atoms. The fourth-order valence-corrected chi connectivity index (χ4v) is 5.14. The second-order valence-corrected chi connectivity index (χ2v) is 9.37. The minimum Gasteiger partial charge on any atom is -0.349 e. The van der Waals surface area contributed by atoms with Crippen molar-refractivity contribution in [3.8, 4) is 0 Å². The van der Waals surface area contributed by atoms with Crippen LogP contribution in [0.2, 0.25) is 0 Å². The number of aromatic nitrogens is 2. The zero-order valence-electron chi connectivity index (χ0n) is 18.7. The van der Waals surface area contributed by atoms with Crippen molar-refractivity contribution < 1.29 is 9.59 Å². The highest BCUT2D eigenvalue weighted by Crippen LogP contribution is 2.26. The van der Waals surface area contributed by atoms with Gasteiger partial charge >= 0.3 is 0 Å². The smallest absolute Gasteiger partial charge is 0.254 e. The summed E-state index contributed by atoms with van der Waals surface area (Å²) in [6.07, 6.45) is 1.50. The largest absolute Gasteiger partial charge is 0.349 e. The normalized spacial score (nSPS) is 14.3. The molecule has 1 saturated heterocycles. The summed E-state index contributed by atoms with van der Waals surface area (Å²) >= 11 is 1.60. The summed E-state index contributed by atoms with van der Waals surface area (Å²) in [5, 5.41) is 3.95. The van der Waals surface area contributed by atoms with Gasteiger partial charge in [0.15, 0.2) is 5.16 Å². The highest BCUT2D eigenvalue weighted by Gasteiger charge is 2.26. The Morgan fingerprint density at radius 1 is 0.941 bits per heavy atom. The Balaban J connectivity index is 1.19. The Labute approximate surface area is 202 Å². The fourth-order valence-electron chi connectivity index (χ4n) is 4.25. The third-order valence-electron chi connectivity index (χ3n) is 6.13. The molecular weight excluding hydrogens is 444 g/mol. The molecule has 0 aliphatic carbocycles. The van der Waals surface area contributed by atoms with Crippen LogP contribution in [0.3, 0.4) is 0 Å². The molecule has 6 nitrogen and oxygen atoms in total. The number of aromatic amines is 1. The predicted molar refractivity (Wildman–Crippen MR) is 135 cm³/mol. The summed E-state index contributed by atoms with van der Waals surface area (Å²) in [5.41, 5.74) is 4.35. The van der Waals surface area contributed by atoms with E-state index < -0.39 is 0 Å². The number of amides is 2. The number of para-hydroxylation sites is 2. The van der Waals surface area contributed by atoms with E-state index in [1.165, 1.54) is 0 Å². The fraction of sp³-hybridized carbons (Fsp3) is 0.222. The van der Waals surface area contributed by atoms with Crippen molar-refractivity contribution in [2.75, 3.05) is 13.1 Å². The molecule has 3 aromatic carbocycles. The average molecular weight is 471 g/mol. The van der Waals surface area contributed by atoms with Crippen LogP contribution in [0.15, 0.2) is 84.0 Å². The zero-order chi connectivity index (χ0) is 23.3. The van der Waals surface area contributed by atoms with Crippen LogP contribution in [-0.4, -0.2) is 45.8 Å². The van der Waals surface area contributed by atoms with Crippen molar-refractivity contribution in [3.05, 3.63) is 95.6 Å². The Bertz CT molecular complexity index is 1260. The average Bonchev–Trinajstić information content (AvgIpc) is 3.31. The van der Waals surface area contributed by atoms with E-state index in [2.05, 4.69) is 15.3 Å². The number of carbonyl (C=O) groups is 2. The van der Waals surface area contributed by atoms with E-state index in [9.17, 15) is 9.59 Å². The minimum absolute atomic E-state index is 0.0497. The van der Waals surface area contributed by atoms with Gasteiger partial charge < -0.3 is 15.2 Å². The van der Waals surface area contributed by atoms with Crippen LogP contribution in [0.1, 0.15) is 39.1 Å². The molecule has 4 aromatic rings. The third-order valence-corrected chi connectivity index (χ3v) is 7.06. The minimum atomic E-state index is -0.0571. The van der Waals surface area contributed by atoms with Crippen LogP contribution in [0.4, 0.5) is 0 Å². The van der Waals surface area contributed by atoms with Crippen molar-refractivity contribution in [2.45, 2.75) is 29.8 Å². The number of H-pyrrole nitrogens is 1. The van der Waals surface area contributed by atoms with Crippen LogP contribution in [0.25, 0.3) is 11.0 Å². The zero-order valence-corrected chi connectivity index (χ0v) is 19.6. The first-order chi connectivity index (χ1) is 16.7. The third kappa shape index (κ3) is 4.99. The number of fused-ring (bicyclic) bond motifs is 1. The number of rotatable bonds is 6. The molecule has 5 rings (SSSR count). The van der Waals surface area contributed by atoms with Gasteiger partial charge in [0.2, 0.25) is 0 Å². The molecule has 1 aliphatic rings. The van der Waals surface area contributed by atoms with Crippen molar-refractivity contribution in [2.24, 2.45) is 0 Å². The first-order valence-electron chi connectivity index (χ1n) is 11.5. The summed E-state index contributed by atoms with van der Waals surface area (Å²) in [5.74, 6) is 0.651. The lowest BCUT2D eigenvalue weighted by Crippen LogP contribution is -2.46. The second kappa shape index (κ2) is 10.1. The standard InChI is InChI=1S/C27H26N4O2S/c32-25(19-8-2-1-3-9-19)28-21-14-16-31(17-15-21)26(33)22-11-5-4-10-20(22)18-34-27-29-23-12-6-7-13-24(23)30-27/h1-13,21H,14-18H2,(H,28,32)(H,29,30). The number of piperidine rings is 1. The number of nitrogens with one attached hydrogen (secondary N) is 2. The number of likely N-dealkylation sites (tertiary alicyclic amines) is 1. The number of benzene rings is 3. The molecule has 2 heterocycles. The maximum Gasteiger partial charge on any atom is 0.254 e. The van der Waals surface area contributed by atoms with E-state index in [1.807, 2.05) is 83.8 Å². The molecule has 0 saturated carbocycles. The van der Waals surface area contributed by atoms with E-state index in [-0.39, 0.29) is 17.9 Å². The molecule has 7 heteroatoms. The van der Waals surface area contributed by atoms with Gasteiger partial charge in [-0.25, -0.2) is 4.98 Å². The molecular formula is C27H26N4O2S. The van der Waals surface area contributed by atoms with E-state index in [0.29, 0.717) is 24.4 Å². The van der Waals surface area contributed by atoms with E-state index in [0.717, 1.165) is 40.2 Å². The SMILES string of the molecule is O=C(NC1CCN(C(=O)c2ccccc2CSc2nc3ccccc3[nH]2)CC1)c1ccccc1. The van der Waals surface area contributed by atoms with Gasteiger partial charge in [0.25, 0.3) is 11.8 Å². The number of hydrogen-bond acceptors (Lipinski definition) is 4. The molecule has 0 atom stereocenters. The first-order valence-corrected chi connectivity index (χ1v) is 12.5. The van der Waals surface area contributed by atoms with Gasteiger partial charge in [-0.05, 0) is 48.7 Å². The topological polar surface area (TPSA) is 78.1 Å². The lowest BCUT2D eigenvalue weighted by Gasteiger charge is -2.33. The number of thioether (sulfide) groups is 1. The van der Waals surface area contributed by atoms with Crippen molar-refractivity contribution in [1.82, 2.24) is 20.2 Å². The Kier molecular flexibility index (Phi) is 6.62. The highest BCUT2D eigenvalue weighted by atomic mass is 32.2. The molecule has 1 aliphatic heterocycles. The Morgan fingerprint density at radius 3 is 2.44 bits per heavy atom. The van der Waals surface area contributed by atoms with Gasteiger partial charge in [-0.3, -0.25) is 9.59 Å². The van der Waals surface area contributed by atoms with Gasteiger partial charge in [0.1, 0.15) is 0 Å². The van der Waals surface area contributed by atoms with Crippen LogP contribution in [0, 0.1) is 0 Å². The van der Waals surface area contributed by atoms with Gasteiger partial charge in [-0.1, -0.05) is 60.3 Å². The second-order valence-electron chi connectivity index (χ2n) is 8.41. The summed E-state index contributed by atoms with van der Waals surface area (Å²) < 4.78 is 0. The van der Waals surface area contributed by atoms with Crippen LogP contribution >= 0.6 is 11.8 Å². The Morgan fingerprint density at radius 2 is 1.65 bits per heavy atom. The quantitative estimate of drug-likeness (QED) is 0.393. The van der Waals surface area contributed by atoms with E-state index >= 15 is 0 Å². The molecule has 0 unspecified atom stereocenters. The molecule has 34 heavy (non-hydrogen) atoms. The molecule has 0 radical (unpaired) electrons. The molecule has 2 amide bonds. The highest BCUT2D eigenvalue weighted by molar-refractivity contribution is 7.98. The summed E-state index contributed by atoms with van der Waals surface area (Å²) in [7, 11) is 0. The number of carbonyl (C=O) groups excluding carboxylic acids is 2. The van der Waals surface area contributed by atoms with E-state index in [1.54, 1.807) is 11.8 Å².